The molecule has 0 fully saturated rings. The molecule has 338 valence electrons. The summed E-state index contributed by atoms with van der Waals surface area (Å²) < 4.78 is 11.4. The molecule has 0 spiro atoms. The maximum atomic E-state index is 6.68. The van der Waals surface area contributed by atoms with Gasteiger partial charge in [-0.25, -0.2) is 15.0 Å². The Morgan fingerprint density at radius 2 is 0.861 bits per heavy atom. The Morgan fingerprint density at radius 1 is 0.319 bits per heavy atom. The highest BCUT2D eigenvalue weighted by Gasteiger charge is 2.36. The largest absolute Gasteiger partial charge is 0.456 e. The second-order valence-electron chi connectivity index (χ2n) is 19.6. The Labute approximate surface area is 414 Å². The van der Waals surface area contributed by atoms with Crippen LogP contribution in [0.5, 0.6) is 0 Å². The minimum absolute atomic E-state index is 0.175. The van der Waals surface area contributed by atoms with Crippen molar-refractivity contribution in [2.45, 2.75) is 19.3 Å². The van der Waals surface area contributed by atoms with Gasteiger partial charge < -0.3 is 13.6 Å². The van der Waals surface area contributed by atoms with Crippen LogP contribution in [0.15, 0.2) is 229 Å². The van der Waals surface area contributed by atoms with Crippen molar-refractivity contribution in [2.75, 3.05) is 0 Å². The predicted molar refractivity (Wildman–Crippen MR) is 295 cm³/mol. The first-order valence-electron chi connectivity index (χ1n) is 24.6. The molecule has 0 unspecified atom stereocenters. The smallest absolute Gasteiger partial charge is 0.164 e. The average molecular weight is 922 g/mol. The van der Waals surface area contributed by atoms with Crippen LogP contribution in [0.1, 0.15) is 25.0 Å². The lowest BCUT2D eigenvalue weighted by atomic mass is 9.82. The number of aromatic nitrogens is 5. The quantitative estimate of drug-likeness (QED) is 0.167. The summed E-state index contributed by atoms with van der Waals surface area (Å²) >= 11 is 0. The second-order valence-corrected chi connectivity index (χ2v) is 19.6. The summed E-state index contributed by atoms with van der Waals surface area (Å²) in [5, 5.41) is 7.01. The van der Waals surface area contributed by atoms with Gasteiger partial charge >= 0.3 is 0 Å². The summed E-state index contributed by atoms with van der Waals surface area (Å²) in [7, 11) is 0. The van der Waals surface area contributed by atoms with E-state index in [1.54, 1.807) is 0 Å². The second kappa shape index (κ2) is 15.3. The van der Waals surface area contributed by atoms with Crippen molar-refractivity contribution in [1.82, 2.24) is 24.1 Å². The first-order valence-corrected chi connectivity index (χ1v) is 24.6. The SMILES string of the molecule is CC1(C)c2ccccc2-c2cc3c4cc(-c5ccc6oc7cc8c(cc7c6c5)c5ccccc5n8-c5ccccc5)ccc4n(-c4cccc(-c5nc(-c6ccccc6)nc(-c6ccccc6)n5)c4)c3cc21. The Hall–Kier alpha value is -9.39. The van der Waals surface area contributed by atoms with Gasteiger partial charge in [0.2, 0.25) is 0 Å². The van der Waals surface area contributed by atoms with Crippen molar-refractivity contribution in [3.05, 3.63) is 236 Å². The van der Waals surface area contributed by atoms with Gasteiger partial charge in [0.25, 0.3) is 0 Å². The lowest BCUT2D eigenvalue weighted by Gasteiger charge is -2.21. The highest BCUT2D eigenvalue weighted by molar-refractivity contribution is 6.18. The molecule has 1 aliphatic carbocycles. The number of para-hydroxylation sites is 2. The van der Waals surface area contributed by atoms with Crippen LogP contribution < -0.4 is 0 Å². The molecule has 0 atom stereocenters. The highest BCUT2D eigenvalue weighted by Crippen LogP contribution is 2.51. The maximum Gasteiger partial charge on any atom is 0.164 e. The molecule has 0 bridgehead atoms. The third kappa shape index (κ3) is 6.05. The summed E-state index contributed by atoms with van der Waals surface area (Å²) in [5.41, 5.74) is 18.6. The summed E-state index contributed by atoms with van der Waals surface area (Å²) in [5.74, 6) is 1.89. The lowest BCUT2D eigenvalue weighted by Crippen LogP contribution is -2.14. The van der Waals surface area contributed by atoms with Crippen LogP contribution in [0.4, 0.5) is 0 Å². The Morgan fingerprint density at radius 3 is 1.62 bits per heavy atom. The van der Waals surface area contributed by atoms with Crippen LogP contribution in [0.3, 0.4) is 0 Å². The molecule has 15 rings (SSSR count). The van der Waals surface area contributed by atoms with Crippen LogP contribution in [0.25, 0.3) is 133 Å². The molecule has 72 heavy (non-hydrogen) atoms. The van der Waals surface area contributed by atoms with Gasteiger partial charge in [0.1, 0.15) is 11.2 Å². The van der Waals surface area contributed by atoms with Crippen molar-refractivity contribution in [3.8, 4) is 67.8 Å². The van der Waals surface area contributed by atoms with Gasteiger partial charge in [-0.05, 0) is 106 Å². The molecule has 14 aromatic rings. The average Bonchev–Trinajstić information content (AvgIpc) is 4.14. The van der Waals surface area contributed by atoms with E-state index in [1.807, 2.05) is 36.4 Å². The Bertz CT molecular complexity index is 4470. The van der Waals surface area contributed by atoms with Gasteiger partial charge in [-0.15, -0.1) is 0 Å². The zero-order valence-corrected chi connectivity index (χ0v) is 39.5. The number of hydrogen-bond donors (Lipinski definition) is 0. The number of nitrogens with zero attached hydrogens (tertiary/aromatic N) is 5. The van der Waals surface area contributed by atoms with E-state index in [0.717, 1.165) is 77.7 Å². The molecular weight excluding hydrogens is 879 g/mol. The highest BCUT2D eigenvalue weighted by atomic mass is 16.3. The number of rotatable bonds is 6. The van der Waals surface area contributed by atoms with E-state index < -0.39 is 0 Å². The summed E-state index contributed by atoms with van der Waals surface area (Å²) in [4.78, 5) is 15.2. The lowest BCUT2D eigenvalue weighted by molar-refractivity contribution is 0.661. The molecule has 0 saturated heterocycles. The Kier molecular flexibility index (Phi) is 8.61. The standard InChI is InChI=1S/C66H43N5O/c1-66(2)55-27-14-12-25-47(55)49-36-52-50-34-42(43-30-32-61-53(35-43)54-37-51-48-26-13-15-28-57(48)70(45-22-10-5-11-23-45)60(51)39-62(54)72-61)29-31-58(50)71(59(52)38-56(49)66)46-24-16-21-44(33-46)65-68-63(40-17-6-3-7-18-40)67-64(69-65)41-19-8-4-9-20-41/h3-39H,1-2H3. The molecule has 6 heteroatoms. The number of furan rings is 1. The summed E-state index contributed by atoms with van der Waals surface area (Å²) in [6.45, 7) is 4.71. The van der Waals surface area contributed by atoms with Crippen LogP contribution in [-0.4, -0.2) is 24.1 Å². The monoisotopic (exact) mass is 921 g/mol. The molecule has 10 aromatic carbocycles. The Balaban J connectivity index is 0.918. The van der Waals surface area contributed by atoms with Gasteiger partial charge in [0.15, 0.2) is 17.5 Å². The van der Waals surface area contributed by atoms with Gasteiger partial charge in [0, 0.05) is 71.9 Å². The fourth-order valence-electron chi connectivity index (χ4n) is 11.7. The molecule has 6 nitrogen and oxygen atoms in total. The van der Waals surface area contributed by atoms with E-state index in [2.05, 4.69) is 211 Å². The summed E-state index contributed by atoms with van der Waals surface area (Å²) in [6, 6.07) is 80.2. The van der Waals surface area contributed by atoms with Gasteiger partial charge in [-0.1, -0.05) is 159 Å². The third-order valence-corrected chi connectivity index (χ3v) is 15.1. The number of fused-ring (bicyclic) bond motifs is 12. The zero-order valence-electron chi connectivity index (χ0n) is 39.5. The maximum absolute atomic E-state index is 6.68. The van der Waals surface area contributed by atoms with Crippen molar-refractivity contribution in [2.24, 2.45) is 0 Å². The minimum atomic E-state index is -0.175. The van der Waals surface area contributed by atoms with Crippen molar-refractivity contribution in [3.63, 3.8) is 0 Å². The first kappa shape index (κ1) is 40.5. The topological polar surface area (TPSA) is 61.7 Å². The van der Waals surface area contributed by atoms with Crippen LogP contribution in [-0.2, 0) is 5.41 Å². The van der Waals surface area contributed by atoms with Crippen molar-refractivity contribution in [1.29, 1.82) is 0 Å². The van der Waals surface area contributed by atoms with Crippen LogP contribution in [0, 0.1) is 0 Å². The fourth-order valence-corrected chi connectivity index (χ4v) is 11.7. The first-order chi connectivity index (χ1) is 35.4. The molecule has 0 aliphatic heterocycles. The van der Waals surface area contributed by atoms with E-state index in [1.165, 1.54) is 49.3 Å². The number of hydrogen-bond acceptors (Lipinski definition) is 4. The van der Waals surface area contributed by atoms with E-state index in [4.69, 9.17) is 19.4 Å². The van der Waals surface area contributed by atoms with Crippen LogP contribution >= 0.6 is 0 Å². The van der Waals surface area contributed by atoms with E-state index in [9.17, 15) is 0 Å². The minimum Gasteiger partial charge on any atom is -0.456 e. The molecule has 0 saturated carbocycles. The van der Waals surface area contributed by atoms with Crippen molar-refractivity contribution < 1.29 is 4.42 Å². The predicted octanol–water partition coefficient (Wildman–Crippen LogP) is 16.9. The third-order valence-electron chi connectivity index (χ3n) is 15.1. The molecular formula is C66H43N5O. The van der Waals surface area contributed by atoms with Gasteiger partial charge in [-0.2, -0.15) is 0 Å². The summed E-state index contributed by atoms with van der Waals surface area (Å²) in [6.07, 6.45) is 0. The number of benzene rings is 10. The molecule has 1 aliphatic rings. The molecule has 4 aromatic heterocycles. The normalized spacial score (nSPS) is 13.0. The molecule has 0 N–H and O–H groups in total. The van der Waals surface area contributed by atoms with Gasteiger partial charge in [0.05, 0.1) is 22.1 Å². The molecule has 4 heterocycles. The van der Waals surface area contributed by atoms with Crippen LogP contribution in [0.2, 0.25) is 0 Å². The molecule has 0 amide bonds. The van der Waals surface area contributed by atoms with E-state index in [0.29, 0.717) is 17.5 Å². The fraction of sp³-hybridized carbons (Fsp3) is 0.0455. The molecule has 0 radical (unpaired) electrons. The van der Waals surface area contributed by atoms with Gasteiger partial charge in [-0.3, -0.25) is 0 Å². The van der Waals surface area contributed by atoms with E-state index >= 15 is 0 Å². The van der Waals surface area contributed by atoms with Crippen molar-refractivity contribution >= 4 is 65.6 Å². The zero-order chi connectivity index (χ0) is 47.7. The van der Waals surface area contributed by atoms with E-state index in [-0.39, 0.29) is 5.41 Å².